The summed E-state index contributed by atoms with van der Waals surface area (Å²) >= 11 is 0. The Morgan fingerprint density at radius 1 is 0.941 bits per heavy atom. The Bertz CT molecular complexity index is 605. The van der Waals surface area contributed by atoms with Gasteiger partial charge in [-0.3, -0.25) is 4.57 Å². The van der Waals surface area contributed by atoms with Crippen molar-refractivity contribution in [3.63, 3.8) is 0 Å². The summed E-state index contributed by atoms with van der Waals surface area (Å²) in [5, 5.41) is 0. The molecule has 1 aliphatic heterocycles. The van der Waals surface area contributed by atoms with Crippen LogP contribution in [0, 0.1) is 0 Å². The van der Waals surface area contributed by atoms with Crippen LogP contribution in [0.2, 0.25) is 0 Å². The topological polar surface area (TPSA) is 77.1 Å². The fourth-order valence-corrected chi connectivity index (χ4v) is 4.24. The number of likely N-dealkylation sites (N-methyl/N-ethyl adjacent to an activating group) is 1. The van der Waals surface area contributed by atoms with Crippen LogP contribution in [0.15, 0.2) is 24.3 Å². The highest BCUT2D eigenvalue weighted by atomic mass is 31.2. The van der Waals surface area contributed by atoms with Crippen LogP contribution in [0.1, 0.15) is 84.0 Å². The minimum atomic E-state index is -4.31. The lowest BCUT2D eigenvalue weighted by atomic mass is 10.1. The summed E-state index contributed by atoms with van der Waals surface area (Å²) in [7, 11) is 1.60. The second kappa shape index (κ2) is 18.7. The number of phosphoric ester groups is 1. The lowest BCUT2D eigenvalue weighted by Gasteiger charge is -2.27. The third-order valence-corrected chi connectivity index (χ3v) is 6.60. The molecular formula is C26H50NO6P. The predicted molar refractivity (Wildman–Crippen MR) is 136 cm³/mol. The van der Waals surface area contributed by atoms with Gasteiger partial charge in [0.05, 0.1) is 34.4 Å². The number of hydrogen-bond donors (Lipinski definition) is 0. The van der Waals surface area contributed by atoms with Crippen LogP contribution in [0.25, 0.3) is 0 Å². The molecule has 0 amide bonds. The van der Waals surface area contributed by atoms with Crippen LogP contribution in [0.5, 0.6) is 0 Å². The number of nitrogens with zero attached hydrogens (tertiary/aromatic N) is 1. The van der Waals surface area contributed by atoms with Gasteiger partial charge in [-0.15, -0.1) is 0 Å². The Morgan fingerprint density at radius 2 is 1.59 bits per heavy atom. The number of phosphoric acid groups is 1. The molecule has 3 atom stereocenters. The number of hydrogen-bond acceptors (Lipinski definition) is 6. The molecule has 0 spiro atoms. The lowest BCUT2D eigenvalue weighted by Crippen LogP contribution is -2.37. The number of unbranched alkanes of at least 4 members (excludes halogenated alkanes) is 8. The van der Waals surface area contributed by atoms with Crippen LogP contribution in [-0.2, 0) is 23.1 Å². The van der Waals surface area contributed by atoms with E-state index >= 15 is 0 Å². The molecule has 1 fully saturated rings. The summed E-state index contributed by atoms with van der Waals surface area (Å²) in [5.74, 6) is 0. The van der Waals surface area contributed by atoms with E-state index < -0.39 is 7.82 Å². The number of allylic oxidation sites excluding steroid dienone is 4. The van der Waals surface area contributed by atoms with Gasteiger partial charge in [-0.05, 0) is 44.9 Å². The minimum absolute atomic E-state index is 0.0657. The first-order valence-corrected chi connectivity index (χ1v) is 14.7. The molecule has 1 saturated heterocycles. The van der Waals surface area contributed by atoms with Crippen LogP contribution in [0.4, 0.5) is 0 Å². The number of quaternary nitrogens is 1. The monoisotopic (exact) mass is 503 g/mol. The van der Waals surface area contributed by atoms with Gasteiger partial charge in [0.15, 0.2) is 6.29 Å². The van der Waals surface area contributed by atoms with Crippen LogP contribution in [-0.4, -0.2) is 64.4 Å². The Labute approximate surface area is 208 Å². The zero-order chi connectivity index (χ0) is 25.1. The molecule has 1 aliphatic rings. The molecule has 1 heterocycles. The van der Waals surface area contributed by atoms with Crippen molar-refractivity contribution >= 4 is 7.82 Å². The van der Waals surface area contributed by atoms with E-state index in [0.29, 0.717) is 17.6 Å². The third kappa shape index (κ3) is 18.8. The zero-order valence-corrected chi connectivity index (χ0v) is 23.0. The van der Waals surface area contributed by atoms with Crippen molar-refractivity contribution in [2.45, 2.75) is 96.4 Å². The Morgan fingerprint density at radius 3 is 2.26 bits per heavy atom. The number of rotatable bonds is 21. The minimum Gasteiger partial charge on any atom is -0.756 e. The first kappa shape index (κ1) is 31.5. The van der Waals surface area contributed by atoms with Gasteiger partial charge in [0.2, 0.25) is 0 Å². The van der Waals surface area contributed by atoms with Crippen molar-refractivity contribution in [1.82, 2.24) is 0 Å². The van der Waals surface area contributed by atoms with Gasteiger partial charge in [-0.2, -0.15) is 0 Å². The molecule has 0 aliphatic carbocycles. The van der Waals surface area contributed by atoms with Crippen molar-refractivity contribution in [3.05, 3.63) is 24.3 Å². The van der Waals surface area contributed by atoms with Gasteiger partial charge in [0.1, 0.15) is 19.3 Å². The van der Waals surface area contributed by atoms with Crippen LogP contribution >= 0.6 is 7.82 Å². The summed E-state index contributed by atoms with van der Waals surface area (Å²) in [6.45, 7) is 3.20. The summed E-state index contributed by atoms with van der Waals surface area (Å²) in [6.07, 6.45) is 22.6. The summed E-state index contributed by atoms with van der Waals surface area (Å²) in [5.41, 5.74) is 0. The van der Waals surface area contributed by atoms with E-state index in [0.717, 1.165) is 32.1 Å². The first-order valence-electron chi connectivity index (χ1n) is 13.2. The van der Waals surface area contributed by atoms with Crippen molar-refractivity contribution < 1.29 is 32.5 Å². The van der Waals surface area contributed by atoms with Gasteiger partial charge >= 0.3 is 0 Å². The first-order chi connectivity index (χ1) is 16.2. The molecule has 0 radical (unpaired) electrons. The molecule has 8 heteroatoms. The second-order valence-electron chi connectivity index (χ2n) is 10.1. The van der Waals surface area contributed by atoms with Crippen molar-refractivity contribution in [2.75, 3.05) is 47.5 Å². The quantitative estimate of drug-likeness (QED) is 0.0859. The van der Waals surface area contributed by atoms with E-state index in [1.165, 1.54) is 44.9 Å². The average molecular weight is 504 g/mol. The maximum atomic E-state index is 11.9. The smallest absolute Gasteiger partial charge is 0.268 e. The Kier molecular flexibility index (Phi) is 17.3. The molecule has 34 heavy (non-hydrogen) atoms. The second-order valence-corrected chi connectivity index (χ2v) is 11.5. The van der Waals surface area contributed by atoms with Gasteiger partial charge in [-0.1, -0.05) is 63.3 Å². The van der Waals surface area contributed by atoms with Gasteiger partial charge in [-0.25, -0.2) is 0 Å². The van der Waals surface area contributed by atoms with E-state index in [4.69, 9.17) is 18.5 Å². The highest BCUT2D eigenvalue weighted by Gasteiger charge is 2.27. The van der Waals surface area contributed by atoms with E-state index in [-0.39, 0.29) is 25.6 Å². The molecular weight excluding hydrogens is 453 g/mol. The van der Waals surface area contributed by atoms with Crippen LogP contribution in [0.3, 0.4) is 0 Å². The van der Waals surface area contributed by atoms with E-state index in [9.17, 15) is 9.46 Å². The van der Waals surface area contributed by atoms with Gasteiger partial charge in [0, 0.05) is 0 Å². The maximum Gasteiger partial charge on any atom is 0.268 e. The normalized spacial score (nSPS) is 21.1. The molecule has 0 aromatic rings. The fourth-order valence-electron chi connectivity index (χ4n) is 3.51. The molecule has 0 N–H and O–H groups in total. The van der Waals surface area contributed by atoms with E-state index in [1.54, 1.807) is 0 Å². The summed E-state index contributed by atoms with van der Waals surface area (Å²) < 4.78 is 33.7. The summed E-state index contributed by atoms with van der Waals surface area (Å²) in [6, 6.07) is 0. The average Bonchev–Trinajstić information content (AvgIpc) is 3.22. The molecule has 0 aromatic carbocycles. The molecule has 7 nitrogen and oxygen atoms in total. The van der Waals surface area contributed by atoms with Crippen LogP contribution < -0.4 is 4.89 Å². The van der Waals surface area contributed by atoms with Gasteiger partial charge in [0.25, 0.3) is 7.82 Å². The highest BCUT2D eigenvalue weighted by Crippen LogP contribution is 2.38. The zero-order valence-electron chi connectivity index (χ0n) is 22.1. The Balaban J connectivity index is 1.96. The maximum absolute atomic E-state index is 11.9. The standard InChI is InChI=1S/C26H50NO6P/c1-5-6-7-8-9-10-11-12-13-14-15-16-17-18-19-20-26-30-23-25(33-26)24-32-34(28,29)31-22-21-27(2,3)4/h9-10,12-13,25-26H,5-8,11,14-24H2,1-4H3/b10-9+,13-12+. The van der Waals surface area contributed by atoms with Crippen molar-refractivity contribution in [2.24, 2.45) is 0 Å². The lowest BCUT2D eigenvalue weighted by molar-refractivity contribution is -0.870. The van der Waals surface area contributed by atoms with Gasteiger partial charge < -0.3 is 27.9 Å². The predicted octanol–water partition coefficient (Wildman–Crippen LogP) is 5.75. The SMILES string of the molecule is CCCCC/C=C/C/C=C/CCCCCCCC1OCC(COP(=O)([O-])OCC[N+](C)(C)C)O1. The van der Waals surface area contributed by atoms with Crippen molar-refractivity contribution in [3.8, 4) is 0 Å². The largest absolute Gasteiger partial charge is 0.756 e. The Hall–Kier alpha value is -0.530. The molecule has 1 rings (SSSR count). The van der Waals surface area contributed by atoms with E-state index in [2.05, 4.69) is 31.2 Å². The molecule has 3 unspecified atom stereocenters. The van der Waals surface area contributed by atoms with Crippen molar-refractivity contribution in [1.29, 1.82) is 0 Å². The van der Waals surface area contributed by atoms with E-state index in [1.807, 2.05) is 21.1 Å². The third-order valence-electron chi connectivity index (χ3n) is 5.63. The summed E-state index contributed by atoms with van der Waals surface area (Å²) in [4.78, 5) is 11.9. The highest BCUT2D eigenvalue weighted by molar-refractivity contribution is 7.45. The molecule has 0 bridgehead atoms. The fraction of sp³-hybridized carbons (Fsp3) is 0.846. The number of ether oxygens (including phenoxy) is 2. The molecule has 0 saturated carbocycles. The molecule has 200 valence electrons. The molecule has 0 aromatic heterocycles.